The van der Waals surface area contributed by atoms with Gasteiger partial charge in [-0.1, -0.05) is 136 Å². The fraction of sp³-hybridized carbons (Fsp3) is 0.545. The Kier molecular flexibility index (Phi) is 28.6. The van der Waals surface area contributed by atoms with Crippen molar-refractivity contribution in [1.29, 1.82) is 0 Å². The van der Waals surface area contributed by atoms with Crippen LogP contribution in [0.1, 0.15) is 157 Å². The van der Waals surface area contributed by atoms with Gasteiger partial charge in [0.25, 0.3) is 0 Å². The normalized spacial score (nSPS) is 17.7. The Labute approximate surface area is 389 Å². The summed E-state index contributed by atoms with van der Waals surface area (Å²) in [5.74, 6) is 0.381. The largest absolute Gasteiger partial charge is 0.371 e. The highest BCUT2D eigenvalue weighted by molar-refractivity contribution is 5.94. The summed E-state index contributed by atoms with van der Waals surface area (Å²) < 4.78 is 16.5. The van der Waals surface area contributed by atoms with Crippen LogP contribution in [0.4, 0.5) is 21.5 Å². The molecule has 2 atom stereocenters. The molecule has 8 nitrogen and oxygen atoms in total. The number of carbonyl (C=O) groups is 2. The second kappa shape index (κ2) is 32.0. The third kappa shape index (κ3) is 19.1. The maximum atomic E-state index is 16.5. The van der Waals surface area contributed by atoms with E-state index in [2.05, 4.69) is 132 Å². The molecule has 0 spiro atoms. The van der Waals surface area contributed by atoms with Crippen molar-refractivity contribution in [1.82, 2.24) is 10.2 Å². The Morgan fingerprint density at radius 3 is 2.00 bits per heavy atom. The van der Waals surface area contributed by atoms with Crippen LogP contribution in [-0.4, -0.2) is 67.5 Å². The van der Waals surface area contributed by atoms with Gasteiger partial charge in [-0.2, -0.15) is 0 Å². The van der Waals surface area contributed by atoms with Crippen molar-refractivity contribution >= 4 is 35.2 Å². The number of amides is 2. The van der Waals surface area contributed by atoms with E-state index in [9.17, 15) is 9.59 Å². The average Bonchev–Trinajstić information content (AvgIpc) is 3.32. The zero-order valence-electron chi connectivity index (χ0n) is 42.3. The van der Waals surface area contributed by atoms with Crippen molar-refractivity contribution < 1.29 is 14.0 Å². The standard InChI is InChI=1S/C46H61FN6O2.C3H8.3C2H6/c1-7-9-39(35(4)8-2)30-48-36(5)50-40-16-14-38(15-17-40)44-24-28-53(32-46(44,6)47)43-22-26-51(27-23-43)41-18-20-42(21-19-41)52(29-25-45(55)49-33-54)31-37-12-10-34(3)11-13-37;1-3-2;3*1-2/h10-21,30,33,43-44H,4,7-9,22-29,31-32H2,1-3,5-6H3,(H,48,50)(H,49,54,55);3H2,1-2H3;3*1-2H3/b39-30-;;;;. The summed E-state index contributed by atoms with van der Waals surface area (Å²) in [4.78, 5) is 34.5. The van der Waals surface area contributed by atoms with Gasteiger partial charge in [0.1, 0.15) is 11.5 Å². The molecule has 3 aromatic carbocycles. The molecule has 64 heavy (non-hydrogen) atoms. The Balaban J connectivity index is 0.00000212. The van der Waals surface area contributed by atoms with E-state index in [1.165, 1.54) is 23.2 Å². The molecule has 0 aliphatic carbocycles. The van der Waals surface area contributed by atoms with E-state index in [0.717, 1.165) is 92.1 Å². The number of piperidine rings is 2. The Hall–Kier alpha value is -4.76. The van der Waals surface area contributed by atoms with Crippen LogP contribution in [0, 0.1) is 6.92 Å². The molecule has 2 amide bonds. The Morgan fingerprint density at radius 2 is 1.47 bits per heavy atom. The van der Waals surface area contributed by atoms with Crippen LogP contribution in [0.2, 0.25) is 0 Å². The highest BCUT2D eigenvalue weighted by Crippen LogP contribution is 2.41. The van der Waals surface area contributed by atoms with E-state index in [-0.39, 0.29) is 18.2 Å². The minimum absolute atomic E-state index is 0.143. The van der Waals surface area contributed by atoms with Crippen LogP contribution < -0.4 is 20.4 Å². The number of amidine groups is 1. The number of aliphatic imine (C=N–C) groups is 1. The summed E-state index contributed by atoms with van der Waals surface area (Å²) in [6.45, 7) is 34.9. The average molecular weight is 883 g/mol. The first-order valence-electron chi connectivity index (χ1n) is 24.5. The molecule has 2 saturated heterocycles. The molecule has 2 aliphatic heterocycles. The molecule has 2 unspecified atom stereocenters. The van der Waals surface area contributed by atoms with E-state index in [1.54, 1.807) is 6.92 Å². The molecule has 3 aromatic rings. The number of aryl methyl sites for hydroxylation is 1. The zero-order valence-corrected chi connectivity index (χ0v) is 42.3. The molecule has 2 fully saturated rings. The minimum Gasteiger partial charge on any atom is -0.371 e. The number of hydrogen-bond acceptors (Lipinski definition) is 6. The van der Waals surface area contributed by atoms with E-state index >= 15 is 4.39 Å². The van der Waals surface area contributed by atoms with E-state index in [4.69, 9.17) is 0 Å². The number of hydrogen-bond donors (Lipinski definition) is 2. The number of halogens is 1. The van der Waals surface area contributed by atoms with Crippen molar-refractivity contribution in [2.75, 3.05) is 47.8 Å². The number of benzene rings is 3. The smallest absolute Gasteiger partial charge is 0.228 e. The van der Waals surface area contributed by atoms with Crippen molar-refractivity contribution in [3.05, 3.63) is 113 Å². The van der Waals surface area contributed by atoms with Crippen molar-refractivity contribution in [2.24, 2.45) is 4.99 Å². The number of imide groups is 1. The summed E-state index contributed by atoms with van der Waals surface area (Å²) in [6.07, 6.45) is 9.59. The second-order valence-electron chi connectivity index (χ2n) is 16.2. The maximum Gasteiger partial charge on any atom is 0.228 e. The first-order chi connectivity index (χ1) is 30.9. The predicted molar refractivity (Wildman–Crippen MR) is 277 cm³/mol. The third-order valence-electron chi connectivity index (χ3n) is 11.3. The summed E-state index contributed by atoms with van der Waals surface area (Å²) >= 11 is 0. The maximum absolute atomic E-state index is 16.5. The number of anilines is 3. The summed E-state index contributed by atoms with van der Waals surface area (Å²) in [5, 5.41) is 5.64. The lowest BCUT2D eigenvalue weighted by Crippen LogP contribution is -2.54. The van der Waals surface area contributed by atoms with Gasteiger partial charge in [0.15, 0.2) is 0 Å². The molecule has 9 heteroatoms. The van der Waals surface area contributed by atoms with Gasteiger partial charge >= 0.3 is 0 Å². The molecule has 5 rings (SSSR count). The Morgan fingerprint density at radius 1 is 0.875 bits per heavy atom. The molecule has 0 saturated carbocycles. The summed E-state index contributed by atoms with van der Waals surface area (Å²) in [7, 11) is 0. The van der Waals surface area contributed by atoms with Crippen LogP contribution in [0.5, 0.6) is 0 Å². The number of carbonyl (C=O) groups excluding carboxylic acids is 2. The molecule has 2 N–H and O–H groups in total. The molecule has 0 bridgehead atoms. The van der Waals surface area contributed by atoms with Gasteiger partial charge in [0.05, 0.1) is 0 Å². The molecule has 0 aromatic heterocycles. The van der Waals surface area contributed by atoms with Crippen molar-refractivity contribution in [3.63, 3.8) is 0 Å². The van der Waals surface area contributed by atoms with Gasteiger partial charge < -0.3 is 15.1 Å². The fourth-order valence-electron chi connectivity index (χ4n) is 8.00. The quantitative estimate of drug-likeness (QED) is 0.0646. The minimum atomic E-state index is -1.32. The fourth-order valence-corrected chi connectivity index (χ4v) is 8.00. The van der Waals surface area contributed by atoms with Gasteiger partial charge in [0, 0.05) is 74.4 Å². The first-order valence-corrected chi connectivity index (χ1v) is 24.5. The van der Waals surface area contributed by atoms with Gasteiger partial charge in [-0.15, -0.1) is 0 Å². The van der Waals surface area contributed by atoms with Gasteiger partial charge in [-0.3, -0.25) is 19.8 Å². The number of nitrogens with zero attached hydrogens (tertiary/aromatic N) is 4. The molecular weight excluding hydrogens is 796 g/mol. The molecular formula is C55H87FN6O2. The predicted octanol–water partition coefficient (Wildman–Crippen LogP) is 13.8. The molecule has 2 heterocycles. The number of nitrogens with one attached hydrogen (secondary N) is 2. The van der Waals surface area contributed by atoms with Gasteiger partial charge in [0.2, 0.25) is 12.3 Å². The monoisotopic (exact) mass is 883 g/mol. The highest BCUT2D eigenvalue weighted by atomic mass is 19.1. The van der Waals surface area contributed by atoms with Crippen molar-refractivity contribution in [3.8, 4) is 0 Å². The topological polar surface area (TPSA) is 80.3 Å². The summed E-state index contributed by atoms with van der Waals surface area (Å²) in [6, 6.07) is 25.6. The third-order valence-corrected chi connectivity index (χ3v) is 11.3. The lowest BCUT2D eigenvalue weighted by Gasteiger charge is -2.47. The van der Waals surface area contributed by atoms with Crippen molar-refractivity contribution in [2.45, 2.75) is 166 Å². The van der Waals surface area contributed by atoms with Crippen LogP contribution in [0.15, 0.2) is 102 Å². The number of alkyl halides is 1. The number of rotatable bonds is 16. The zero-order chi connectivity index (χ0) is 48.1. The highest BCUT2D eigenvalue weighted by Gasteiger charge is 2.43. The van der Waals surface area contributed by atoms with E-state index < -0.39 is 5.67 Å². The number of allylic oxidation sites excluding steroid dienone is 2. The second-order valence-corrected chi connectivity index (χ2v) is 16.2. The SMILES string of the molecule is C=C(CC)/C(=C\N=C(C)Nc1ccc(C2CCN(C3CCN(c4ccc(N(CCC(=O)NC=O)Cc5ccc(C)cc5)cc4)CC3)CC2(C)F)cc1)CCC.CC.CC.CC.CCC. The number of likely N-dealkylation sites (tertiary alicyclic amines) is 1. The first kappa shape index (κ1) is 57.3. The Bertz CT molecular complexity index is 1800. The van der Waals surface area contributed by atoms with Crippen LogP contribution in [0.25, 0.3) is 0 Å². The molecule has 0 radical (unpaired) electrons. The van der Waals surface area contributed by atoms with Gasteiger partial charge in [-0.25, -0.2) is 9.38 Å². The lowest BCUT2D eigenvalue weighted by atomic mass is 9.78. The van der Waals surface area contributed by atoms with Crippen LogP contribution in [0.3, 0.4) is 0 Å². The summed E-state index contributed by atoms with van der Waals surface area (Å²) in [5.41, 5.74) is 7.57. The van der Waals surface area contributed by atoms with Gasteiger partial charge in [-0.05, 0) is 113 Å². The van der Waals surface area contributed by atoms with E-state index in [1.807, 2.05) is 66.8 Å². The van der Waals surface area contributed by atoms with Crippen LogP contribution >= 0.6 is 0 Å². The molecule has 2 aliphatic rings. The van der Waals surface area contributed by atoms with E-state index in [0.29, 0.717) is 32.1 Å². The lowest BCUT2D eigenvalue weighted by molar-refractivity contribution is -0.125. The van der Waals surface area contributed by atoms with Crippen LogP contribution in [-0.2, 0) is 16.1 Å². The molecule has 356 valence electrons.